The Hall–Kier alpha value is -1.68. The lowest BCUT2D eigenvalue weighted by molar-refractivity contribution is 0.453. The van der Waals surface area contributed by atoms with Gasteiger partial charge in [-0.05, 0) is 62.5 Å². The topological polar surface area (TPSA) is 29.9 Å². The van der Waals surface area contributed by atoms with Crippen LogP contribution in [0.3, 0.4) is 0 Å². The highest BCUT2D eigenvalue weighted by Crippen LogP contribution is 2.15. The lowest BCUT2D eigenvalue weighted by Gasteiger charge is -2.16. The summed E-state index contributed by atoms with van der Waals surface area (Å²) in [5.41, 5.74) is 2.31. The maximum absolute atomic E-state index is 13.2. The van der Waals surface area contributed by atoms with E-state index in [1.165, 1.54) is 11.8 Å². The van der Waals surface area contributed by atoms with E-state index in [9.17, 15) is 4.39 Å². The summed E-state index contributed by atoms with van der Waals surface area (Å²) in [5, 5.41) is 7.42. The summed E-state index contributed by atoms with van der Waals surface area (Å²) in [5.74, 6) is 0.342. The molecule has 20 heavy (non-hydrogen) atoms. The third-order valence-electron chi connectivity index (χ3n) is 3.64. The predicted octanol–water partition coefficient (Wildman–Crippen LogP) is 2.57. The van der Waals surface area contributed by atoms with Crippen LogP contribution >= 0.6 is 0 Å². The Bertz CT molecular complexity index is 536. The van der Waals surface area contributed by atoms with Gasteiger partial charge in [-0.1, -0.05) is 12.1 Å². The molecule has 0 amide bonds. The standard InChI is InChI=1S/C16H22FN3/c1-18-12-14(6-7-16-8-9-19-20(16)2)10-13-4-3-5-15(17)11-13/h3-5,8-9,11,14,18H,6-7,10,12H2,1-2H3. The number of nitrogens with zero attached hydrogens (tertiary/aromatic N) is 2. The van der Waals surface area contributed by atoms with E-state index in [2.05, 4.69) is 16.5 Å². The maximum atomic E-state index is 13.2. The molecule has 4 heteroatoms. The monoisotopic (exact) mass is 275 g/mol. The molecule has 1 unspecified atom stereocenters. The molecule has 0 bridgehead atoms. The average molecular weight is 275 g/mol. The van der Waals surface area contributed by atoms with Crippen molar-refractivity contribution < 1.29 is 4.39 Å². The molecule has 2 rings (SSSR count). The average Bonchev–Trinajstić information content (AvgIpc) is 2.82. The van der Waals surface area contributed by atoms with Crippen LogP contribution < -0.4 is 5.32 Å². The van der Waals surface area contributed by atoms with Gasteiger partial charge in [0.2, 0.25) is 0 Å². The number of hydrogen-bond donors (Lipinski definition) is 1. The summed E-state index contributed by atoms with van der Waals surface area (Å²) in [6, 6.07) is 8.95. The maximum Gasteiger partial charge on any atom is 0.123 e. The molecule has 0 saturated carbocycles. The van der Waals surface area contributed by atoms with Crippen molar-refractivity contribution in [3.05, 3.63) is 53.6 Å². The van der Waals surface area contributed by atoms with Crippen molar-refractivity contribution in [3.63, 3.8) is 0 Å². The summed E-state index contributed by atoms with van der Waals surface area (Å²) in [6.07, 6.45) is 4.79. The van der Waals surface area contributed by atoms with E-state index in [-0.39, 0.29) is 5.82 Å². The van der Waals surface area contributed by atoms with E-state index in [0.29, 0.717) is 5.92 Å². The van der Waals surface area contributed by atoms with Crippen LogP contribution in [0, 0.1) is 11.7 Å². The largest absolute Gasteiger partial charge is 0.319 e. The number of halogens is 1. The Balaban J connectivity index is 1.95. The molecule has 1 heterocycles. The van der Waals surface area contributed by atoms with Gasteiger partial charge in [0, 0.05) is 18.9 Å². The van der Waals surface area contributed by atoms with Crippen molar-refractivity contribution in [1.29, 1.82) is 0 Å². The molecular formula is C16H22FN3. The van der Waals surface area contributed by atoms with Crippen LogP contribution in [0.1, 0.15) is 17.7 Å². The highest BCUT2D eigenvalue weighted by atomic mass is 19.1. The van der Waals surface area contributed by atoms with Crippen molar-refractivity contribution in [3.8, 4) is 0 Å². The fourth-order valence-electron chi connectivity index (χ4n) is 2.56. The molecule has 1 atom stereocenters. The number of hydrogen-bond acceptors (Lipinski definition) is 2. The summed E-state index contributed by atoms with van der Waals surface area (Å²) >= 11 is 0. The molecule has 2 aromatic rings. The minimum Gasteiger partial charge on any atom is -0.319 e. The van der Waals surface area contributed by atoms with Crippen molar-refractivity contribution in [2.45, 2.75) is 19.3 Å². The molecule has 1 aromatic carbocycles. The number of nitrogens with one attached hydrogen (secondary N) is 1. The molecule has 108 valence electrons. The summed E-state index contributed by atoms with van der Waals surface area (Å²) < 4.78 is 15.2. The van der Waals surface area contributed by atoms with E-state index >= 15 is 0 Å². The second kappa shape index (κ2) is 7.20. The Morgan fingerprint density at radius 3 is 2.85 bits per heavy atom. The van der Waals surface area contributed by atoms with Crippen LogP contribution in [-0.4, -0.2) is 23.4 Å². The van der Waals surface area contributed by atoms with Gasteiger partial charge in [-0.2, -0.15) is 5.10 Å². The van der Waals surface area contributed by atoms with E-state index in [1.807, 2.05) is 31.0 Å². The van der Waals surface area contributed by atoms with Gasteiger partial charge in [0.15, 0.2) is 0 Å². The second-order valence-corrected chi connectivity index (χ2v) is 5.24. The normalized spacial score (nSPS) is 12.6. The highest BCUT2D eigenvalue weighted by Gasteiger charge is 2.11. The van der Waals surface area contributed by atoms with Gasteiger partial charge in [-0.3, -0.25) is 4.68 Å². The fourth-order valence-corrected chi connectivity index (χ4v) is 2.56. The van der Waals surface area contributed by atoms with Crippen molar-refractivity contribution in [2.24, 2.45) is 13.0 Å². The molecule has 1 N–H and O–H groups in total. The van der Waals surface area contributed by atoms with Crippen LogP contribution in [-0.2, 0) is 19.9 Å². The van der Waals surface area contributed by atoms with Crippen LogP contribution in [0.25, 0.3) is 0 Å². The Morgan fingerprint density at radius 2 is 2.20 bits per heavy atom. The van der Waals surface area contributed by atoms with Gasteiger partial charge in [-0.25, -0.2) is 4.39 Å². The Morgan fingerprint density at radius 1 is 1.35 bits per heavy atom. The summed E-state index contributed by atoms with van der Waals surface area (Å²) in [7, 11) is 3.93. The SMILES string of the molecule is CNCC(CCc1ccnn1C)Cc1cccc(F)c1. The molecule has 0 saturated heterocycles. The Kier molecular flexibility index (Phi) is 5.30. The van der Waals surface area contributed by atoms with Gasteiger partial charge in [0.05, 0.1) is 0 Å². The first kappa shape index (κ1) is 14.7. The molecule has 1 aromatic heterocycles. The first-order valence-electron chi connectivity index (χ1n) is 7.05. The summed E-state index contributed by atoms with van der Waals surface area (Å²) in [6.45, 7) is 0.939. The zero-order valence-electron chi connectivity index (χ0n) is 12.1. The minimum absolute atomic E-state index is 0.155. The second-order valence-electron chi connectivity index (χ2n) is 5.24. The Labute approximate surface area is 119 Å². The van der Waals surface area contributed by atoms with E-state index in [0.717, 1.165) is 31.4 Å². The summed E-state index contributed by atoms with van der Waals surface area (Å²) in [4.78, 5) is 0. The van der Waals surface area contributed by atoms with Gasteiger partial charge >= 0.3 is 0 Å². The van der Waals surface area contributed by atoms with E-state index < -0.39 is 0 Å². The van der Waals surface area contributed by atoms with Crippen molar-refractivity contribution >= 4 is 0 Å². The van der Waals surface area contributed by atoms with Crippen LogP contribution in [0.5, 0.6) is 0 Å². The fraction of sp³-hybridized carbons (Fsp3) is 0.438. The van der Waals surface area contributed by atoms with Crippen LogP contribution in [0.15, 0.2) is 36.5 Å². The van der Waals surface area contributed by atoms with Gasteiger partial charge in [0.25, 0.3) is 0 Å². The third-order valence-corrected chi connectivity index (χ3v) is 3.64. The number of rotatable bonds is 7. The smallest absolute Gasteiger partial charge is 0.123 e. The molecule has 0 aliphatic carbocycles. The van der Waals surface area contributed by atoms with E-state index in [4.69, 9.17) is 0 Å². The minimum atomic E-state index is -0.155. The molecule has 0 spiro atoms. The quantitative estimate of drug-likeness (QED) is 0.841. The molecular weight excluding hydrogens is 253 g/mol. The van der Waals surface area contributed by atoms with Crippen LogP contribution in [0.4, 0.5) is 4.39 Å². The highest BCUT2D eigenvalue weighted by molar-refractivity contribution is 5.17. The van der Waals surface area contributed by atoms with Crippen LogP contribution in [0.2, 0.25) is 0 Å². The lowest BCUT2D eigenvalue weighted by Crippen LogP contribution is -2.21. The number of benzene rings is 1. The van der Waals surface area contributed by atoms with Gasteiger partial charge < -0.3 is 5.32 Å². The molecule has 0 fully saturated rings. The molecule has 0 radical (unpaired) electrons. The van der Waals surface area contributed by atoms with Gasteiger partial charge in [-0.15, -0.1) is 0 Å². The van der Waals surface area contributed by atoms with E-state index in [1.54, 1.807) is 12.1 Å². The molecule has 3 nitrogen and oxygen atoms in total. The van der Waals surface area contributed by atoms with Gasteiger partial charge in [0.1, 0.15) is 5.82 Å². The molecule has 0 aliphatic heterocycles. The first-order valence-corrected chi connectivity index (χ1v) is 7.05. The zero-order chi connectivity index (χ0) is 14.4. The lowest BCUT2D eigenvalue weighted by atomic mass is 9.94. The number of aromatic nitrogens is 2. The zero-order valence-corrected chi connectivity index (χ0v) is 12.1. The first-order chi connectivity index (χ1) is 9.69. The van der Waals surface area contributed by atoms with Crippen molar-refractivity contribution in [2.75, 3.05) is 13.6 Å². The van der Waals surface area contributed by atoms with Crippen molar-refractivity contribution in [1.82, 2.24) is 15.1 Å². The predicted molar refractivity (Wildman–Crippen MR) is 79.0 cm³/mol. The molecule has 0 aliphatic rings. The third kappa shape index (κ3) is 4.17. The number of aryl methyl sites for hydroxylation is 2.